The summed E-state index contributed by atoms with van der Waals surface area (Å²) < 4.78 is 10.6. The van der Waals surface area contributed by atoms with E-state index in [9.17, 15) is 9.59 Å². The van der Waals surface area contributed by atoms with Crippen LogP contribution in [0.25, 0.3) is 0 Å². The molecule has 0 aliphatic rings. The van der Waals surface area contributed by atoms with Crippen molar-refractivity contribution in [2.24, 2.45) is 0 Å². The molecule has 0 fully saturated rings. The van der Waals surface area contributed by atoms with Crippen LogP contribution >= 0.6 is 0 Å². The van der Waals surface area contributed by atoms with Crippen LogP contribution in [0.3, 0.4) is 0 Å². The van der Waals surface area contributed by atoms with E-state index >= 15 is 0 Å². The van der Waals surface area contributed by atoms with Gasteiger partial charge in [-0.3, -0.25) is 9.59 Å². The fraction of sp³-hybridized carbons (Fsp3) is 0.222. The molecule has 0 heterocycles. The summed E-state index contributed by atoms with van der Waals surface area (Å²) in [5.41, 5.74) is 0.603. The van der Waals surface area contributed by atoms with Crippen molar-refractivity contribution in [3.05, 3.63) is 60.2 Å². The van der Waals surface area contributed by atoms with Crippen LogP contribution in [-0.2, 0) is 14.3 Å². The van der Waals surface area contributed by atoms with Crippen LogP contribution in [0.4, 0.5) is 0 Å². The molecule has 0 bridgehead atoms. The van der Waals surface area contributed by atoms with Gasteiger partial charge in [-0.1, -0.05) is 30.3 Å². The van der Waals surface area contributed by atoms with Gasteiger partial charge in [-0.05, 0) is 43.7 Å². The molecule has 4 heteroatoms. The summed E-state index contributed by atoms with van der Waals surface area (Å²) in [7, 11) is 0. The Morgan fingerprint density at radius 3 is 2.09 bits per heavy atom. The number of ketones is 1. The average molecular weight is 298 g/mol. The van der Waals surface area contributed by atoms with Crippen LogP contribution in [0.5, 0.6) is 11.5 Å². The Labute approximate surface area is 129 Å². The Balaban J connectivity index is 2.16. The van der Waals surface area contributed by atoms with Crippen molar-refractivity contribution in [1.29, 1.82) is 0 Å². The molecule has 2 aromatic carbocycles. The van der Waals surface area contributed by atoms with E-state index in [1.807, 2.05) is 30.3 Å². The van der Waals surface area contributed by atoms with Gasteiger partial charge in [-0.2, -0.15) is 0 Å². The quantitative estimate of drug-likeness (QED) is 0.602. The van der Waals surface area contributed by atoms with E-state index < -0.39 is 11.9 Å². The van der Waals surface area contributed by atoms with Crippen molar-refractivity contribution in [3.63, 3.8) is 0 Å². The van der Waals surface area contributed by atoms with Crippen molar-refractivity contribution in [3.8, 4) is 11.5 Å². The Hall–Kier alpha value is -2.62. The van der Waals surface area contributed by atoms with E-state index in [0.717, 1.165) is 5.75 Å². The fourth-order valence-corrected chi connectivity index (χ4v) is 2.12. The monoisotopic (exact) mass is 298 g/mol. The minimum atomic E-state index is -0.884. The second-order valence-corrected chi connectivity index (χ2v) is 4.78. The van der Waals surface area contributed by atoms with Crippen molar-refractivity contribution in [2.75, 3.05) is 6.61 Å². The molecule has 2 rings (SSSR count). The summed E-state index contributed by atoms with van der Waals surface area (Å²) >= 11 is 0. The normalized spacial score (nSPS) is 11.5. The van der Waals surface area contributed by atoms with Crippen LogP contribution in [-0.4, -0.2) is 18.4 Å². The Morgan fingerprint density at radius 1 is 0.955 bits per heavy atom. The van der Waals surface area contributed by atoms with Gasteiger partial charge in [0.15, 0.2) is 0 Å². The van der Waals surface area contributed by atoms with Crippen molar-refractivity contribution in [1.82, 2.24) is 0 Å². The van der Waals surface area contributed by atoms with Crippen LogP contribution < -0.4 is 4.74 Å². The standard InChI is InChI=1S/C18H18O4/c1-3-21-18(20)17(13(2)19)14-9-11-16(12-10-14)22-15-7-5-4-6-8-15/h4-12,17H,3H2,1-2H3. The predicted octanol–water partition coefficient (Wildman–Crippen LogP) is 3.71. The topological polar surface area (TPSA) is 52.6 Å². The number of benzene rings is 2. The van der Waals surface area contributed by atoms with Gasteiger partial charge in [0.2, 0.25) is 0 Å². The van der Waals surface area contributed by atoms with Gasteiger partial charge in [0, 0.05) is 0 Å². The molecular formula is C18H18O4. The first kappa shape index (κ1) is 15.8. The zero-order chi connectivity index (χ0) is 15.9. The number of carbonyl (C=O) groups is 2. The molecule has 0 aliphatic carbocycles. The third-order valence-corrected chi connectivity index (χ3v) is 3.12. The lowest BCUT2D eigenvalue weighted by Crippen LogP contribution is -2.22. The molecule has 114 valence electrons. The number of Topliss-reactive ketones (excluding diaryl/α,β-unsaturated/α-hetero) is 1. The third-order valence-electron chi connectivity index (χ3n) is 3.12. The Morgan fingerprint density at radius 2 is 1.55 bits per heavy atom. The van der Waals surface area contributed by atoms with E-state index in [0.29, 0.717) is 11.3 Å². The van der Waals surface area contributed by atoms with Crippen molar-refractivity contribution < 1.29 is 19.1 Å². The molecule has 4 nitrogen and oxygen atoms in total. The van der Waals surface area contributed by atoms with E-state index in [-0.39, 0.29) is 12.4 Å². The maximum atomic E-state index is 11.9. The van der Waals surface area contributed by atoms with E-state index in [1.54, 1.807) is 31.2 Å². The highest BCUT2D eigenvalue weighted by Gasteiger charge is 2.26. The van der Waals surface area contributed by atoms with Crippen LogP contribution in [0.15, 0.2) is 54.6 Å². The molecule has 0 radical (unpaired) electrons. The number of esters is 1. The highest BCUT2D eigenvalue weighted by Crippen LogP contribution is 2.25. The molecule has 0 aliphatic heterocycles. The number of hydrogen-bond donors (Lipinski definition) is 0. The smallest absolute Gasteiger partial charge is 0.320 e. The van der Waals surface area contributed by atoms with Gasteiger partial charge >= 0.3 is 5.97 Å². The van der Waals surface area contributed by atoms with Crippen LogP contribution in [0, 0.1) is 0 Å². The van der Waals surface area contributed by atoms with Crippen molar-refractivity contribution in [2.45, 2.75) is 19.8 Å². The van der Waals surface area contributed by atoms with Gasteiger partial charge in [-0.25, -0.2) is 0 Å². The van der Waals surface area contributed by atoms with Gasteiger partial charge in [0.1, 0.15) is 23.2 Å². The first-order valence-corrected chi connectivity index (χ1v) is 7.11. The molecule has 0 spiro atoms. The highest BCUT2D eigenvalue weighted by atomic mass is 16.5. The van der Waals surface area contributed by atoms with Crippen molar-refractivity contribution >= 4 is 11.8 Å². The number of carbonyl (C=O) groups excluding carboxylic acids is 2. The minimum absolute atomic E-state index is 0.241. The molecular weight excluding hydrogens is 280 g/mol. The number of para-hydroxylation sites is 1. The zero-order valence-electron chi connectivity index (χ0n) is 12.6. The third kappa shape index (κ3) is 3.95. The lowest BCUT2D eigenvalue weighted by Gasteiger charge is -2.13. The Kier molecular flexibility index (Phi) is 5.31. The molecule has 1 unspecified atom stereocenters. The molecule has 2 aromatic rings. The summed E-state index contributed by atoms with van der Waals surface area (Å²) in [6.07, 6.45) is 0. The minimum Gasteiger partial charge on any atom is -0.465 e. The number of hydrogen-bond acceptors (Lipinski definition) is 4. The second kappa shape index (κ2) is 7.41. The van der Waals surface area contributed by atoms with E-state index in [4.69, 9.17) is 9.47 Å². The van der Waals surface area contributed by atoms with E-state index in [1.165, 1.54) is 6.92 Å². The summed E-state index contributed by atoms with van der Waals surface area (Å²) in [5.74, 6) is -0.280. The van der Waals surface area contributed by atoms with Gasteiger partial charge in [-0.15, -0.1) is 0 Å². The highest BCUT2D eigenvalue weighted by molar-refractivity contribution is 6.03. The first-order valence-electron chi connectivity index (χ1n) is 7.11. The molecule has 0 saturated carbocycles. The summed E-state index contributed by atoms with van der Waals surface area (Å²) in [6, 6.07) is 16.3. The van der Waals surface area contributed by atoms with Crippen LogP contribution in [0.2, 0.25) is 0 Å². The SMILES string of the molecule is CCOC(=O)C(C(C)=O)c1ccc(Oc2ccccc2)cc1. The van der Waals surface area contributed by atoms with Crippen LogP contribution in [0.1, 0.15) is 25.3 Å². The molecule has 22 heavy (non-hydrogen) atoms. The molecule has 0 aromatic heterocycles. The largest absolute Gasteiger partial charge is 0.465 e. The fourth-order valence-electron chi connectivity index (χ4n) is 2.12. The lowest BCUT2D eigenvalue weighted by molar-refractivity contribution is -0.147. The van der Waals surface area contributed by atoms with Gasteiger partial charge in [0.05, 0.1) is 6.61 Å². The van der Waals surface area contributed by atoms with E-state index in [2.05, 4.69) is 0 Å². The molecule has 0 saturated heterocycles. The average Bonchev–Trinajstić information content (AvgIpc) is 2.50. The molecule has 1 atom stereocenters. The number of ether oxygens (including phenoxy) is 2. The maximum absolute atomic E-state index is 11.9. The zero-order valence-corrected chi connectivity index (χ0v) is 12.6. The predicted molar refractivity (Wildman–Crippen MR) is 83.0 cm³/mol. The first-order chi connectivity index (χ1) is 10.6. The van der Waals surface area contributed by atoms with Gasteiger partial charge < -0.3 is 9.47 Å². The second-order valence-electron chi connectivity index (χ2n) is 4.78. The molecule has 0 amide bonds. The maximum Gasteiger partial charge on any atom is 0.320 e. The molecule has 0 N–H and O–H groups in total. The summed E-state index contributed by atoms with van der Waals surface area (Å²) in [4.78, 5) is 23.6. The van der Waals surface area contributed by atoms with Gasteiger partial charge in [0.25, 0.3) is 0 Å². The Bertz CT molecular complexity index is 632. The lowest BCUT2D eigenvalue weighted by atomic mass is 9.95. The summed E-state index contributed by atoms with van der Waals surface area (Å²) in [5, 5.41) is 0. The summed E-state index contributed by atoms with van der Waals surface area (Å²) in [6.45, 7) is 3.35. The number of rotatable bonds is 6.